The first kappa shape index (κ1) is 29.9. The molecule has 3 fully saturated rings. The summed E-state index contributed by atoms with van der Waals surface area (Å²) >= 11 is 0. The molecule has 37 heavy (non-hydrogen) atoms. The van der Waals surface area contributed by atoms with Crippen LogP contribution in [-0.2, 0) is 20.9 Å². The second kappa shape index (κ2) is 14.5. The van der Waals surface area contributed by atoms with Crippen molar-refractivity contribution < 1.29 is 19.4 Å². The fraction of sp³-hybridized carbons (Fsp3) is 0.724. The molecule has 2 saturated heterocycles. The minimum absolute atomic E-state index is 0. The molecule has 7 nitrogen and oxygen atoms in total. The number of nitrogens with one attached hydrogen (secondary N) is 1. The molecule has 0 unspecified atom stereocenters. The number of ether oxygens (including phenoxy) is 1. The van der Waals surface area contributed by atoms with Gasteiger partial charge in [-0.1, -0.05) is 62.9 Å². The molecule has 2 heterocycles. The van der Waals surface area contributed by atoms with E-state index in [1.54, 1.807) is 0 Å². The van der Waals surface area contributed by atoms with Gasteiger partial charge >= 0.3 is 0 Å². The molecule has 1 aromatic rings. The van der Waals surface area contributed by atoms with E-state index in [1.807, 2.05) is 23.1 Å². The maximum absolute atomic E-state index is 13.7. The molecule has 2 atom stereocenters. The molecule has 1 aromatic carbocycles. The average Bonchev–Trinajstić information content (AvgIpc) is 2.92. The summed E-state index contributed by atoms with van der Waals surface area (Å²) in [5, 5.41) is 14.1. The first-order valence-electron chi connectivity index (χ1n) is 14.2. The van der Waals surface area contributed by atoms with E-state index in [1.165, 1.54) is 12.0 Å². The van der Waals surface area contributed by atoms with Gasteiger partial charge in [-0.25, -0.2) is 0 Å². The van der Waals surface area contributed by atoms with Gasteiger partial charge in [-0.2, -0.15) is 0 Å². The third-order valence-electron chi connectivity index (χ3n) is 8.53. The lowest BCUT2D eigenvalue weighted by atomic mass is 9.78. The van der Waals surface area contributed by atoms with E-state index >= 15 is 0 Å². The molecule has 4 rings (SSSR count). The van der Waals surface area contributed by atoms with Crippen LogP contribution in [0.3, 0.4) is 0 Å². The number of nitrogens with zero attached hydrogens (tertiary/aromatic N) is 2. The number of amides is 2. The molecule has 0 radical (unpaired) electrons. The Morgan fingerprint density at radius 1 is 1.05 bits per heavy atom. The van der Waals surface area contributed by atoms with Gasteiger partial charge in [0.2, 0.25) is 11.8 Å². The Hall–Kier alpha value is -1.67. The zero-order valence-corrected chi connectivity index (χ0v) is 23.2. The number of likely N-dealkylation sites (tertiary alicyclic amines) is 1. The predicted octanol–water partition coefficient (Wildman–Crippen LogP) is 3.92. The molecule has 1 saturated carbocycles. The van der Waals surface area contributed by atoms with E-state index in [4.69, 9.17) is 4.74 Å². The fourth-order valence-corrected chi connectivity index (χ4v) is 6.26. The van der Waals surface area contributed by atoms with Crippen LogP contribution in [-0.4, -0.2) is 77.2 Å². The minimum Gasteiger partial charge on any atom is -0.390 e. The number of carbonyl (C=O) groups excluding carboxylic acids is 2. The molecular weight excluding hydrogens is 490 g/mol. The number of piperidine rings is 1. The van der Waals surface area contributed by atoms with Crippen LogP contribution in [0.2, 0.25) is 0 Å². The van der Waals surface area contributed by atoms with Crippen molar-refractivity contribution in [2.75, 3.05) is 32.8 Å². The average molecular weight is 536 g/mol. The fourth-order valence-electron chi connectivity index (χ4n) is 6.26. The van der Waals surface area contributed by atoms with Crippen molar-refractivity contribution in [2.24, 2.45) is 5.92 Å². The van der Waals surface area contributed by atoms with Gasteiger partial charge in [-0.3, -0.25) is 9.59 Å². The number of aliphatic hydroxyl groups is 1. The summed E-state index contributed by atoms with van der Waals surface area (Å²) < 4.78 is 5.83. The Kier molecular flexibility index (Phi) is 11.7. The smallest absolute Gasteiger partial charge is 0.248 e. The molecule has 3 aliphatic rings. The van der Waals surface area contributed by atoms with Crippen LogP contribution in [0.15, 0.2) is 30.3 Å². The van der Waals surface area contributed by atoms with Crippen molar-refractivity contribution in [1.29, 1.82) is 0 Å². The Labute approximate surface area is 228 Å². The van der Waals surface area contributed by atoms with Crippen LogP contribution >= 0.6 is 12.4 Å². The lowest BCUT2D eigenvalue weighted by molar-refractivity contribution is -0.166. The highest BCUT2D eigenvalue weighted by Gasteiger charge is 2.55. The summed E-state index contributed by atoms with van der Waals surface area (Å²) in [5.41, 5.74) is 0.402. The highest BCUT2D eigenvalue weighted by atomic mass is 35.5. The first-order chi connectivity index (χ1) is 17.5. The maximum atomic E-state index is 13.7. The van der Waals surface area contributed by atoms with E-state index in [0.29, 0.717) is 32.6 Å². The second-order valence-corrected chi connectivity index (χ2v) is 10.9. The van der Waals surface area contributed by atoms with E-state index in [2.05, 4.69) is 29.3 Å². The lowest BCUT2D eigenvalue weighted by Gasteiger charge is -2.52. The maximum Gasteiger partial charge on any atom is 0.248 e. The highest BCUT2D eigenvalue weighted by Crippen LogP contribution is 2.36. The van der Waals surface area contributed by atoms with Gasteiger partial charge in [0.1, 0.15) is 11.6 Å². The van der Waals surface area contributed by atoms with Crippen LogP contribution in [0.4, 0.5) is 0 Å². The second-order valence-electron chi connectivity index (χ2n) is 10.9. The minimum atomic E-state index is -0.803. The van der Waals surface area contributed by atoms with Crippen molar-refractivity contribution in [1.82, 2.24) is 15.1 Å². The Morgan fingerprint density at radius 2 is 1.76 bits per heavy atom. The van der Waals surface area contributed by atoms with Crippen LogP contribution < -0.4 is 5.32 Å². The predicted molar refractivity (Wildman–Crippen MR) is 148 cm³/mol. The number of benzene rings is 1. The quantitative estimate of drug-likeness (QED) is 0.420. The molecular formula is C29H46ClN3O4. The zero-order valence-electron chi connectivity index (χ0n) is 22.4. The molecule has 0 aromatic heterocycles. The molecule has 2 aliphatic heterocycles. The molecule has 1 aliphatic carbocycles. The summed E-state index contributed by atoms with van der Waals surface area (Å²) in [7, 11) is 0. The Bertz CT molecular complexity index is 841. The van der Waals surface area contributed by atoms with E-state index in [0.717, 1.165) is 64.6 Å². The van der Waals surface area contributed by atoms with Gasteiger partial charge in [0.05, 0.1) is 12.7 Å². The number of halogens is 1. The van der Waals surface area contributed by atoms with Gasteiger partial charge in [0, 0.05) is 32.8 Å². The van der Waals surface area contributed by atoms with Crippen LogP contribution in [0.25, 0.3) is 0 Å². The topological polar surface area (TPSA) is 82.1 Å². The van der Waals surface area contributed by atoms with Crippen molar-refractivity contribution in [2.45, 2.75) is 95.4 Å². The molecule has 0 bridgehead atoms. The van der Waals surface area contributed by atoms with Crippen molar-refractivity contribution >= 4 is 24.2 Å². The molecule has 2 N–H and O–H groups in total. The number of carbonyl (C=O) groups is 2. The Balaban J connectivity index is 0.00000380. The number of hydrogen-bond donors (Lipinski definition) is 2. The van der Waals surface area contributed by atoms with E-state index in [9.17, 15) is 14.7 Å². The lowest BCUT2D eigenvalue weighted by Crippen LogP contribution is -2.75. The highest BCUT2D eigenvalue weighted by molar-refractivity contribution is 6.00. The third kappa shape index (κ3) is 7.25. The summed E-state index contributed by atoms with van der Waals surface area (Å²) in [6.07, 6.45) is 8.52. The standard InChI is InChI=1S/C29H45N3O4.ClH/c1-2-3-18-32-27(34)25(26(33)24-13-8-5-9-14-24)30-28(35)29(32)15-19-31(20-16-29)17-10-21-36-22-23-11-6-4-7-12-23;/h4,6-7,11-12,24-26,33H,2-3,5,8-10,13-22H2,1H3,(H,30,35);1H/t25-,26-;/m1./s1. The summed E-state index contributed by atoms with van der Waals surface area (Å²) in [4.78, 5) is 31.5. The monoisotopic (exact) mass is 535 g/mol. The van der Waals surface area contributed by atoms with E-state index in [-0.39, 0.29) is 30.1 Å². The zero-order chi connectivity index (χ0) is 25.4. The van der Waals surface area contributed by atoms with Crippen molar-refractivity contribution in [3.63, 3.8) is 0 Å². The summed E-state index contributed by atoms with van der Waals surface area (Å²) in [5.74, 6) is -0.0474. The summed E-state index contributed by atoms with van der Waals surface area (Å²) in [6.45, 7) is 6.54. The molecule has 8 heteroatoms. The number of unbranched alkanes of at least 4 members (excludes halogenated alkanes) is 1. The van der Waals surface area contributed by atoms with Gasteiger partial charge in [-0.15, -0.1) is 12.4 Å². The van der Waals surface area contributed by atoms with Crippen molar-refractivity contribution in [3.05, 3.63) is 35.9 Å². The number of piperazine rings is 1. The van der Waals surface area contributed by atoms with Crippen LogP contribution in [0.1, 0.15) is 76.7 Å². The number of aliphatic hydroxyl groups excluding tert-OH is 1. The van der Waals surface area contributed by atoms with Crippen molar-refractivity contribution in [3.8, 4) is 0 Å². The molecule has 1 spiro atoms. The molecule has 2 amide bonds. The Morgan fingerprint density at radius 3 is 2.43 bits per heavy atom. The normalized spacial score (nSPS) is 23.5. The van der Waals surface area contributed by atoms with Gasteiger partial charge < -0.3 is 25.0 Å². The first-order valence-corrected chi connectivity index (χ1v) is 14.2. The number of hydrogen-bond acceptors (Lipinski definition) is 5. The van der Waals surface area contributed by atoms with E-state index < -0.39 is 17.7 Å². The SMILES string of the molecule is CCCCN1C(=O)[C@@H]([C@H](O)C2CCCCC2)NC(=O)C12CCN(CCCOCc1ccccc1)CC2.Cl. The third-order valence-corrected chi connectivity index (χ3v) is 8.53. The van der Waals surface area contributed by atoms with Crippen LogP contribution in [0, 0.1) is 5.92 Å². The largest absolute Gasteiger partial charge is 0.390 e. The number of rotatable bonds is 11. The van der Waals surface area contributed by atoms with Gasteiger partial charge in [0.25, 0.3) is 0 Å². The summed E-state index contributed by atoms with van der Waals surface area (Å²) in [6, 6.07) is 9.40. The van der Waals surface area contributed by atoms with Crippen LogP contribution in [0.5, 0.6) is 0 Å². The van der Waals surface area contributed by atoms with Gasteiger partial charge in [-0.05, 0) is 50.0 Å². The molecule has 208 valence electrons. The van der Waals surface area contributed by atoms with Gasteiger partial charge in [0.15, 0.2) is 0 Å².